The number of anilines is 1. The molecule has 9 heteroatoms. The second kappa shape index (κ2) is 8.83. The second-order valence-electron chi connectivity index (χ2n) is 6.91. The summed E-state index contributed by atoms with van der Waals surface area (Å²) in [4.78, 5) is 24.0. The predicted octanol–water partition coefficient (Wildman–Crippen LogP) is 4.24. The minimum absolute atomic E-state index is 0.123. The number of benzene rings is 2. The number of sulfonamides is 1. The third-order valence-electron chi connectivity index (χ3n) is 4.85. The Morgan fingerprint density at radius 1 is 1.00 bits per heavy atom. The van der Waals surface area contributed by atoms with E-state index in [4.69, 9.17) is 23.2 Å². The van der Waals surface area contributed by atoms with Crippen molar-refractivity contribution in [1.82, 2.24) is 4.31 Å². The molecular formula is C20H20Cl2N2O4S. The molecule has 0 atom stereocenters. The van der Waals surface area contributed by atoms with Gasteiger partial charge in [0.05, 0.1) is 4.90 Å². The van der Waals surface area contributed by atoms with Crippen LogP contribution < -0.4 is 5.32 Å². The Bertz CT molecular complexity index is 1010. The van der Waals surface area contributed by atoms with E-state index in [1.165, 1.54) is 35.5 Å². The van der Waals surface area contributed by atoms with Crippen LogP contribution in [0.5, 0.6) is 0 Å². The van der Waals surface area contributed by atoms with Crippen LogP contribution in [0, 0.1) is 5.92 Å². The zero-order valence-electron chi connectivity index (χ0n) is 15.7. The Kier molecular flexibility index (Phi) is 6.63. The Balaban J connectivity index is 1.63. The van der Waals surface area contributed by atoms with Gasteiger partial charge in [-0.15, -0.1) is 0 Å². The second-order valence-corrected chi connectivity index (χ2v) is 9.72. The van der Waals surface area contributed by atoms with Gasteiger partial charge in [-0.25, -0.2) is 8.42 Å². The van der Waals surface area contributed by atoms with E-state index in [2.05, 4.69) is 5.32 Å². The molecule has 6 nitrogen and oxygen atoms in total. The number of ketones is 1. The lowest BCUT2D eigenvalue weighted by molar-refractivity contribution is -0.120. The summed E-state index contributed by atoms with van der Waals surface area (Å²) < 4.78 is 27.0. The Morgan fingerprint density at radius 3 is 2.07 bits per heavy atom. The summed E-state index contributed by atoms with van der Waals surface area (Å²) in [5.74, 6) is -0.618. The fourth-order valence-electron chi connectivity index (χ4n) is 3.24. The first-order valence-electron chi connectivity index (χ1n) is 9.05. The number of nitrogens with zero attached hydrogens (tertiary/aromatic N) is 1. The number of rotatable bonds is 5. The molecular weight excluding hydrogens is 435 g/mol. The van der Waals surface area contributed by atoms with Crippen LogP contribution in [0.3, 0.4) is 0 Å². The summed E-state index contributed by atoms with van der Waals surface area (Å²) >= 11 is 11.9. The highest BCUT2D eigenvalue weighted by Gasteiger charge is 2.32. The number of hydrogen-bond donors (Lipinski definition) is 1. The lowest BCUT2D eigenvalue weighted by Crippen LogP contribution is -2.41. The van der Waals surface area contributed by atoms with Gasteiger partial charge in [-0.1, -0.05) is 35.3 Å². The highest BCUT2D eigenvalue weighted by atomic mass is 35.5. The van der Waals surface area contributed by atoms with Crippen LogP contribution in [-0.4, -0.2) is 37.5 Å². The maximum absolute atomic E-state index is 12.8. The van der Waals surface area contributed by atoms with Gasteiger partial charge in [-0.3, -0.25) is 9.59 Å². The van der Waals surface area contributed by atoms with Gasteiger partial charge in [-0.2, -0.15) is 4.31 Å². The maximum Gasteiger partial charge on any atom is 0.243 e. The van der Waals surface area contributed by atoms with Crippen molar-refractivity contribution in [2.75, 3.05) is 18.4 Å². The van der Waals surface area contributed by atoms with Crippen molar-refractivity contribution in [1.29, 1.82) is 0 Å². The van der Waals surface area contributed by atoms with E-state index in [1.807, 2.05) is 0 Å². The van der Waals surface area contributed by atoms with Crippen molar-refractivity contribution in [3.05, 3.63) is 58.1 Å². The fraction of sp³-hybridized carbons (Fsp3) is 0.300. The van der Waals surface area contributed by atoms with Crippen LogP contribution in [-0.2, 0) is 14.8 Å². The maximum atomic E-state index is 12.8. The van der Waals surface area contributed by atoms with Crippen LogP contribution in [0.1, 0.15) is 30.1 Å². The number of piperidine rings is 1. The molecule has 29 heavy (non-hydrogen) atoms. The largest absolute Gasteiger partial charge is 0.326 e. The molecule has 0 spiro atoms. The van der Waals surface area contributed by atoms with E-state index in [1.54, 1.807) is 18.2 Å². The first-order chi connectivity index (χ1) is 13.7. The Morgan fingerprint density at radius 2 is 1.55 bits per heavy atom. The number of nitrogens with one attached hydrogen (secondary N) is 1. The fourth-order valence-corrected chi connectivity index (χ4v) is 5.24. The molecule has 0 unspecified atom stereocenters. The number of Topliss-reactive ketones (excluding diaryl/α,β-unsaturated/α-hetero) is 1. The van der Waals surface area contributed by atoms with Gasteiger partial charge in [0.25, 0.3) is 0 Å². The van der Waals surface area contributed by atoms with Gasteiger partial charge < -0.3 is 5.32 Å². The van der Waals surface area contributed by atoms with Crippen molar-refractivity contribution in [2.24, 2.45) is 5.92 Å². The van der Waals surface area contributed by atoms with E-state index in [-0.39, 0.29) is 35.6 Å². The molecule has 0 saturated carbocycles. The molecule has 1 N–H and O–H groups in total. The lowest BCUT2D eigenvalue weighted by Gasteiger charge is -2.30. The SMILES string of the molecule is CC(=O)c1ccc(S(=O)(=O)N2CCC(C(=O)Nc3cc(Cl)cc(Cl)c3)CC2)cc1. The standard InChI is InChI=1S/C20H20Cl2N2O4S/c1-13(25)14-2-4-19(5-3-14)29(27,28)24-8-6-15(7-9-24)20(26)23-18-11-16(21)10-17(22)12-18/h2-5,10-12,15H,6-9H2,1H3,(H,23,26). The first-order valence-corrected chi connectivity index (χ1v) is 11.2. The van der Waals surface area contributed by atoms with Gasteiger partial charge in [-0.05, 0) is 50.1 Å². The monoisotopic (exact) mass is 454 g/mol. The van der Waals surface area contributed by atoms with Crippen molar-refractivity contribution < 1.29 is 18.0 Å². The van der Waals surface area contributed by atoms with E-state index in [0.717, 1.165) is 0 Å². The summed E-state index contributed by atoms with van der Waals surface area (Å²) in [6.45, 7) is 1.91. The quantitative estimate of drug-likeness (QED) is 0.684. The summed E-state index contributed by atoms with van der Waals surface area (Å²) in [5, 5.41) is 3.63. The molecule has 1 amide bonds. The van der Waals surface area contributed by atoms with Crippen LogP contribution in [0.15, 0.2) is 47.4 Å². The minimum Gasteiger partial charge on any atom is -0.326 e. The van der Waals surface area contributed by atoms with Crippen LogP contribution in [0.25, 0.3) is 0 Å². The highest BCUT2D eigenvalue weighted by molar-refractivity contribution is 7.89. The van der Waals surface area contributed by atoms with Crippen molar-refractivity contribution >= 4 is 50.6 Å². The van der Waals surface area contributed by atoms with Gasteiger partial charge in [0, 0.05) is 40.3 Å². The smallest absolute Gasteiger partial charge is 0.243 e. The van der Waals surface area contributed by atoms with Gasteiger partial charge >= 0.3 is 0 Å². The molecule has 1 heterocycles. The van der Waals surface area contributed by atoms with Crippen LogP contribution in [0.2, 0.25) is 10.0 Å². The first kappa shape index (κ1) is 21.8. The van der Waals surface area contributed by atoms with E-state index >= 15 is 0 Å². The molecule has 0 aromatic heterocycles. The van der Waals surface area contributed by atoms with Gasteiger partial charge in [0.2, 0.25) is 15.9 Å². The van der Waals surface area contributed by atoms with Gasteiger partial charge in [0.1, 0.15) is 0 Å². The summed E-state index contributed by atoms with van der Waals surface area (Å²) in [7, 11) is -3.67. The molecule has 0 bridgehead atoms. The number of amides is 1. The van der Waals surface area contributed by atoms with Crippen molar-refractivity contribution in [3.8, 4) is 0 Å². The van der Waals surface area contributed by atoms with Crippen LogP contribution >= 0.6 is 23.2 Å². The van der Waals surface area contributed by atoms with Crippen LogP contribution in [0.4, 0.5) is 5.69 Å². The summed E-state index contributed by atoms with van der Waals surface area (Å²) in [6, 6.07) is 10.7. The van der Waals surface area contributed by atoms with Gasteiger partial charge in [0.15, 0.2) is 5.78 Å². The zero-order valence-corrected chi connectivity index (χ0v) is 18.0. The molecule has 0 radical (unpaired) electrons. The Hall–Kier alpha value is -1.93. The number of carbonyl (C=O) groups is 2. The average Bonchev–Trinajstić information content (AvgIpc) is 2.67. The van der Waals surface area contributed by atoms with E-state index in [9.17, 15) is 18.0 Å². The topological polar surface area (TPSA) is 83.6 Å². The zero-order chi connectivity index (χ0) is 21.2. The highest BCUT2D eigenvalue weighted by Crippen LogP contribution is 2.27. The third-order valence-corrected chi connectivity index (χ3v) is 7.20. The Labute approximate surface area is 179 Å². The minimum atomic E-state index is -3.67. The number of carbonyl (C=O) groups excluding carboxylic acids is 2. The lowest BCUT2D eigenvalue weighted by atomic mass is 9.97. The molecule has 3 rings (SSSR count). The normalized spacial score (nSPS) is 15.8. The molecule has 1 aliphatic heterocycles. The van der Waals surface area contributed by atoms with E-state index < -0.39 is 10.0 Å². The molecule has 2 aromatic carbocycles. The third kappa shape index (κ3) is 5.17. The van der Waals surface area contributed by atoms with E-state index in [0.29, 0.717) is 34.1 Å². The molecule has 1 fully saturated rings. The molecule has 1 saturated heterocycles. The molecule has 0 aliphatic carbocycles. The summed E-state index contributed by atoms with van der Waals surface area (Å²) in [6.07, 6.45) is 0.815. The molecule has 2 aromatic rings. The number of halogens is 2. The number of hydrogen-bond acceptors (Lipinski definition) is 4. The molecule has 154 valence electrons. The summed E-state index contributed by atoms with van der Waals surface area (Å²) in [5.41, 5.74) is 0.966. The van der Waals surface area contributed by atoms with Crippen molar-refractivity contribution in [2.45, 2.75) is 24.7 Å². The van der Waals surface area contributed by atoms with Crippen molar-refractivity contribution in [3.63, 3.8) is 0 Å². The average molecular weight is 455 g/mol. The predicted molar refractivity (Wildman–Crippen MR) is 113 cm³/mol. The molecule has 1 aliphatic rings.